The van der Waals surface area contributed by atoms with E-state index in [-0.39, 0.29) is 5.91 Å². The van der Waals surface area contributed by atoms with Crippen molar-refractivity contribution in [2.24, 2.45) is 0 Å². The highest BCUT2D eigenvalue weighted by molar-refractivity contribution is 7.99. The highest BCUT2D eigenvalue weighted by Crippen LogP contribution is 2.28. The number of anilines is 1. The summed E-state index contributed by atoms with van der Waals surface area (Å²) >= 11 is 1.91. The van der Waals surface area contributed by atoms with Crippen molar-refractivity contribution in [2.45, 2.75) is 37.5 Å². The average Bonchev–Trinajstić information content (AvgIpc) is 2.86. The summed E-state index contributed by atoms with van der Waals surface area (Å²) in [5.41, 5.74) is 2.79. The second-order valence-electron chi connectivity index (χ2n) is 5.14. The molecule has 4 heteroatoms. The smallest absolute Gasteiger partial charge is 0.253 e. The first-order valence-electron chi connectivity index (χ1n) is 6.76. The van der Waals surface area contributed by atoms with Gasteiger partial charge in [-0.1, -0.05) is 6.07 Å². The molecule has 0 heterocycles. The van der Waals surface area contributed by atoms with E-state index < -0.39 is 0 Å². The number of aryl methyl sites for hydroxylation is 1. The van der Waals surface area contributed by atoms with Gasteiger partial charge in [0.25, 0.3) is 5.91 Å². The van der Waals surface area contributed by atoms with Crippen molar-refractivity contribution in [1.29, 1.82) is 0 Å². The highest BCUT2D eigenvalue weighted by atomic mass is 32.2. The lowest BCUT2D eigenvalue weighted by Crippen LogP contribution is -2.33. The predicted molar refractivity (Wildman–Crippen MR) is 83.1 cm³/mol. The Labute approximate surface area is 119 Å². The van der Waals surface area contributed by atoms with Crippen LogP contribution in [-0.2, 0) is 0 Å². The molecule has 104 valence electrons. The normalized spacial score (nSPS) is 22.3. The van der Waals surface area contributed by atoms with Gasteiger partial charge in [-0.25, -0.2) is 0 Å². The molecule has 0 bridgehead atoms. The molecule has 3 nitrogen and oxygen atoms in total. The number of hydrogen-bond acceptors (Lipinski definition) is 3. The Balaban J connectivity index is 2.04. The van der Waals surface area contributed by atoms with Gasteiger partial charge in [0.2, 0.25) is 0 Å². The average molecular weight is 278 g/mol. The van der Waals surface area contributed by atoms with Crippen LogP contribution in [0.5, 0.6) is 0 Å². The second-order valence-corrected chi connectivity index (χ2v) is 6.28. The molecule has 1 fully saturated rings. The Kier molecular flexibility index (Phi) is 4.75. The van der Waals surface area contributed by atoms with Crippen molar-refractivity contribution in [3.05, 3.63) is 29.3 Å². The van der Waals surface area contributed by atoms with Gasteiger partial charge in [-0.15, -0.1) is 0 Å². The Hall–Kier alpha value is -1.16. The van der Waals surface area contributed by atoms with E-state index in [0.29, 0.717) is 11.3 Å². The maximum absolute atomic E-state index is 12.3. The van der Waals surface area contributed by atoms with Crippen LogP contribution in [0, 0.1) is 6.92 Å². The minimum atomic E-state index is 0.0381. The van der Waals surface area contributed by atoms with E-state index in [1.165, 1.54) is 6.42 Å². The molecule has 0 aliphatic heterocycles. The Morgan fingerprint density at radius 3 is 2.79 bits per heavy atom. The maximum Gasteiger partial charge on any atom is 0.253 e. The summed E-state index contributed by atoms with van der Waals surface area (Å²) in [4.78, 5) is 12.3. The van der Waals surface area contributed by atoms with E-state index in [2.05, 4.69) is 16.9 Å². The Morgan fingerprint density at radius 1 is 1.37 bits per heavy atom. The van der Waals surface area contributed by atoms with E-state index >= 15 is 0 Å². The molecule has 1 amide bonds. The number of nitrogens with one attached hydrogen (secondary N) is 2. The number of carbonyl (C=O) groups excluding carboxylic acids is 1. The third-order valence-corrected chi connectivity index (χ3v) is 4.84. The van der Waals surface area contributed by atoms with E-state index in [1.807, 2.05) is 43.9 Å². The van der Waals surface area contributed by atoms with Gasteiger partial charge in [-0.05, 0) is 50.1 Å². The van der Waals surface area contributed by atoms with E-state index in [0.717, 1.165) is 29.7 Å². The monoisotopic (exact) mass is 278 g/mol. The third-order valence-electron chi connectivity index (χ3n) is 3.74. The second kappa shape index (κ2) is 6.33. The third kappa shape index (κ3) is 3.44. The van der Waals surface area contributed by atoms with Crippen LogP contribution >= 0.6 is 11.8 Å². The zero-order valence-corrected chi connectivity index (χ0v) is 12.6. The fourth-order valence-corrected chi connectivity index (χ4v) is 3.41. The largest absolute Gasteiger partial charge is 0.387 e. The number of thioether (sulfide) groups is 1. The van der Waals surface area contributed by atoms with Crippen molar-refractivity contribution < 1.29 is 4.79 Å². The van der Waals surface area contributed by atoms with Crippen LogP contribution in [0.15, 0.2) is 18.2 Å². The van der Waals surface area contributed by atoms with Crippen molar-refractivity contribution in [3.63, 3.8) is 0 Å². The highest BCUT2D eigenvalue weighted by Gasteiger charge is 2.25. The molecule has 0 spiro atoms. The van der Waals surface area contributed by atoms with Gasteiger partial charge in [-0.2, -0.15) is 11.8 Å². The molecule has 2 unspecified atom stereocenters. The topological polar surface area (TPSA) is 41.1 Å². The van der Waals surface area contributed by atoms with Crippen LogP contribution in [0.4, 0.5) is 5.69 Å². The Bertz CT molecular complexity index is 461. The molecule has 2 rings (SSSR count). The van der Waals surface area contributed by atoms with Gasteiger partial charge in [-0.3, -0.25) is 4.79 Å². The molecule has 0 saturated heterocycles. The molecule has 2 atom stereocenters. The van der Waals surface area contributed by atoms with Crippen molar-refractivity contribution >= 4 is 23.4 Å². The van der Waals surface area contributed by atoms with Crippen LogP contribution in [0.1, 0.15) is 35.2 Å². The van der Waals surface area contributed by atoms with Crippen LogP contribution in [-0.4, -0.2) is 30.5 Å². The number of rotatable bonds is 4. The van der Waals surface area contributed by atoms with Crippen LogP contribution < -0.4 is 10.6 Å². The molecule has 1 saturated carbocycles. The van der Waals surface area contributed by atoms with Gasteiger partial charge >= 0.3 is 0 Å². The van der Waals surface area contributed by atoms with E-state index in [4.69, 9.17) is 0 Å². The molecule has 1 aromatic carbocycles. The first-order valence-corrected chi connectivity index (χ1v) is 8.05. The summed E-state index contributed by atoms with van der Waals surface area (Å²) in [5.74, 6) is 0.0381. The van der Waals surface area contributed by atoms with Crippen molar-refractivity contribution in [3.8, 4) is 0 Å². The SMILES string of the molecule is CNc1cc(C)ccc1C(=O)NC1CCC(SC)C1. The molecule has 0 aromatic heterocycles. The predicted octanol–water partition coefficient (Wildman–Crippen LogP) is 3.05. The number of benzene rings is 1. The molecule has 2 N–H and O–H groups in total. The molecule has 0 radical (unpaired) electrons. The quantitative estimate of drug-likeness (QED) is 0.889. The van der Waals surface area contributed by atoms with Crippen LogP contribution in [0.2, 0.25) is 0 Å². The molecule has 1 aliphatic rings. The van der Waals surface area contributed by atoms with Gasteiger partial charge in [0.1, 0.15) is 0 Å². The van der Waals surface area contributed by atoms with Gasteiger partial charge in [0, 0.05) is 24.0 Å². The number of amides is 1. The maximum atomic E-state index is 12.3. The lowest BCUT2D eigenvalue weighted by molar-refractivity contribution is 0.0939. The Morgan fingerprint density at radius 2 is 2.16 bits per heavy atom. The molecule has 19 heavy (non-hydrogen) atoms. The summed E-state index contributed by atoms with van der Waals surface area (Å²) < 4.78 is 0. The number of hydrogen-bond donors (Lipinski definition) is 2. The lowest BCUT2D eigenvalue weighted by atomic mass is 10.1. The summed E-state index contributed by atoms with van der Waals surface area (Å²) in [7, 11) is 1.85. The van der Waals surface area contributed by atoms with E-state index in [9.17, 15) is 4.79 Å². The van der Waals surface area contributed by atoms with Gasteiger partial charge in [0.05, 0.1) is 5.56 Å². The minimum Gasteiger partial charge on any atom is -0.387 e. The summed E-state index contributed by atoms with van der Waals surface area (Å²) in [5, 5.41) is 6.96. The molecule has 1 aliphatic carbocycles. The summed E-state index contributed by atoms with van der Waals surface area (Å²) in [6.07, 6.45) is 5.54. The van der Waals surface area contributed by atoms with E-state index in [1.54, 1.807) is 0 Å². The van der Waals surface area contributed by atoms with Crippen molar-refractivity contribution in [1.82, 2.24) is 5.32 Å². The van der Waals surface area contributed by atoms with Crippen molar-refractivity contribution in [2.75, 3.05) is 18.6 Å². The summed E-state index contributed by atoms with van der Waals surface area (Å²) in [6, 6.07) is 6.22. The zero-order chi connectivity index (χ0) is 13.8. The summed E-state index contributed by atoms with van der Waals surface area (Å²) in [6.45, 7) is 2.03. The molecular weight excluding hydrogens is 256 g/mol. The van der Waals surface area contributed by atoms with Crippen LogP contribution in [0.3, 0.4) is 0 Å². The fourth-order valence-electron chi connectivity index (χ4n) is 2.61. The number of carbonyl (C=O) groups is 1. The first kappa shape index (κ1) is 14.3. The standard InChI is InChI=1S/C15H22N2OS/c1-10-4-7-13(14(8-10)16-2)15(18)17-11-5-6-12(9-11)19-3/h4,7-8,11-12,16H,5-6,9H2,1-3H3,(H,17,18). The first-order chi connectivity index (χ1) is 9.13. The molecular formula is C15H22N2OS. The van der Waals surface area contributed by atoms with Gasteiger partial charge < -0.3 is 10.6 Å². The van der Waals surface area contributed by atoms with Gasteiger partial charge in [0.15, 0.2) is 0 Å². The molecule has 1 aromatic rings. The zero-order valence-electron chi connectivity index (χ0n) is 11.8. The fraction of sp³-hybridized carbons (Fsp3) is 0.533. The lowest BCUT2D eigenvalue weighted by Gasteiger charge is -2.15. The minimum absolute atomic E-state index is 0.0381. The van der Waals surface area contributed by atoms with Crippen LogP contribution in [0.25, 0.3) is 0 Å².